The zero-order valence-corrected chi connectivity index (χ0v) is 9.21. The number of hydrogen-bond acceptors (Lipinski definition) is 4. The van der Waals surface area contributed by atoms with E-state index in [0.29, 0.717) is 12.1 Å². The number of hydrogen-bond donors (Lipinski definition) is 1. The quantitative estimate of drug-likeness (QED) is 0.874. The van der Waals surface area contributed by atoms with Gasteiger partial charge in [-0.25, -0.2) is 4.79 Å². The first kappa shape index (κ1) is 11.2. The number of aromatic nitrogens is 1. The van der Waals surface area contributed by atoms with Gasteiger partial charge >= 0.3 is 5.97 Å². The van der Waals surface area contributed by atoms with E-state index in [1.54, 1.807) is 7.11 Å². The highest BCUT2D eigenvalue weighted by Crippen LogP contribution is 2.20. The summed E-state index contributed by atoms with van der Waals surface area (Å²) in [6, 6.07) is 8.90. The van der Waals surface area contributed by atoms with Gasteiger partial charge in [0, 0.05) is 18.1 Å². The van der Waals surface area contributed by atoms with Gasteiger partial charge < -0.3 is 14.4 Å². The third-order valence-electron chi connectivity index (χ3n) is 2.33. The van der Waals surface area contributed by atoms with E-state index >= 15 is 0 Å². The Labute approximate surface area is 97.6 Å². The second-order valence-corrected chi connectivity index (χ2v) is 3.48. The molecule has 1 aromatic carbocycles. The van der Waals surface area contributed by atoms with Crippen LogP contribution in [0.15, 0.2) is 34.9 Å². The van der Waals surface area contributed by atoms with Crippen LogP contribution >= 0.6 is 0 Å². The summed E-state index contributed by atoms with van der Waals surface area (Å²) < 4.78 is 9.88. The number of benzene rings is 1. The van der Waals surface area contributed by atoms with E-state index in [1.165, 1.54) is 6.07 Å². The zero-order valence-electron chi connectivity index (χ0n) is 9.21. The van der Waals surface area contributed by atoms with E-state index in [2.05, 4.69) is 9.68 Å². The second-order valence-electron chi connectivity index (χ2n) is 3.48. The predicted molar refractivity (Wildman–Crippen MR) is 59.3 cm³/mol. The smallest absolute Gasteiger partial charge is 0.374 e. The fourth-order valence-corrected chi connectivity index (χ4v) is 1.54. The van der Waals surface area contributed by atoms with Gasteiger partial charge in [-0.15, -0.1) is 0 Å². The van der Waals surface area contributed by atoms with E-state index in [4.69, 9.17) is 9.84 Å². The van der Waals surface area contributed by atoms with Gasteiger partial charge in [0.2, 0.25) is 5.76 Å². The van der Waals surface area contributed by atoms with E-state index in [1.807, 2.05) is 24.3 Å². The lowest BCUT2D eigenvalue weighted by Crippen LogP contribution is -1.94. The Balaban J connectivity index is 2.22. The monoisotopic (exact) mass is 233 g/mol. The molecular weight excluding hydrogens is 222 g/mol. The number of carboxylic acid groups (broad SMARTS) is 1. The normalized spacial score (nSPS) is 10.2. The molecular formula is C12H11NO4. The number of ether oxygens (including phenoxy) is 1. The minimum absolute atomic E-state index is 0.158. The topological polar surface area (TPSA) is 72.6 Å². The van der Waals surface area contributed by atoms with Crippen molar-refractivity contribution in [3.05, 3.63) is 47.3 Å². The number of carboxylic acids is 1. The van der Waals surface area contributed by atoms with Gasteiger partial charge in [-0.05, 0) is 6.07 Å². The molecule has 0 unspecified atom stereocenters. The average molecular weight is 233 g/mol. The van der Waals surface area contributed by atoms with Crippen molar-refractivity contribution in [1.82, 2.24) is 5.16 Å². The molecule has 0 amide bonds. The van der Waals surface area contributed by atoms with Crippen LogP contribution in [0.1, 0.15) is 21.8 Å². The molecule has 1 heterocycles. The van der Waals surface area contributed by atoms with E-state index in [9.17, 15) is 4.79 Å². The van der Waals surface area contributed by atoms with Gasteiger partial charge in [-0.3, -0.25) is 0 Å². The third-order valence-corrected chi connectivity index (χ3v) is 2.33. The first-order valence-electron chi connectivity index (χ1n) is 5.01. The lowest BCUT2D eigenvalue weighted by atomic mass is 10.1. The summed E-state index contributed by atoms with van der Waals surface area (Å²) in [5.41, 5.74) is 1.49. The summed E-state index contributed by atoms with van der Waals surface area (Å²) in [6.07, 6.45) is 0.473. The largest absolute Gasteiger partial charge is 0.496 e. The zero-order chi connectivity index (χ0) is 12.3. The van der Waals surface area contributed by atoms with Crippen molar-refractivity contribution >= 4 is 5.97 Å². The van der Waals surface area contributed by atoms with Crippen molar-refractivity contribution in [3.8, 4) is 5.75 Å². The Morgan fingerprint density at radius 3 is 2.88 bits per heavy atom. The number of nitrogens with zero attached hydrogens (tertiary/aromatic N) is 1. The van der Waals surface area contributed by atoms with Crippen LogP contribution in [0.5, 0.6) is 5.75 Å². The third kappa shape index (κ3) is 2.44. The van der Waals surface area contributed by atoms with Crippen molar-refractivity contribution in [2.75, 3.05) is 7.11 Å². The maximum atomic E-state index is 10.6. The molecule has 0 bridgehead atoms. The summed E-state index contributed by atoms with van der Waals surface area (Å²) in [6.45, 7) is 0. The second kappa shape index (κ2) is 4.69. The minimum Gasteiger partial charge on any atom is -0.496 e. The lowest BCUT2D eigenvalue weighted by molar-refractivity contribution is 0.0652. The molecule has 0 aliphatic carbocycles. The van der Waals surface area contributed by atoms with Crippen LogP contribution in [0.4, 0.5) is 0 Å². The van der Waals surface area contributed by atoms with Crippen molar-refractivity contribution in [1.29, 1.82) is 0 Å². The van der Waals surface area contributed by atoms with E-state index in [-0.39, 0.29) is 5.76 Å². The molecule has 0 aliphatic heterocycles. The molecule has 0 spiro atoms. The van der Waals surface area contributed by atoms with Crippen LogP contribution in [0, 0.1) is 0 Å². The highest BCUT2D eigenvalue weighted by atomic mass is 16.5. The maximum Gasteiger partial charge on any atom is 0.374 e. The molecule has 2 aromatic rings. The minimum atomic E-state index is -1.12. The molecule has 2 rings (SSSR count). The standard InChI is InChI=1S/C12H11NO4/c1-16-10-5-3-2-4-8(10)6-9-7-11(12(14)15)17-13-9/h2-5,7H,6H2,1H3,(H,14,15). The van der Waals surface area contributed by atoms with Gasteiger partial charge in [0.05, 0.1) is 12.8 Å². The molecule has 1 N–H and O–H groups in total. The summed E-state index contributed by atoms with van der Waals surface area (Å²) in [4.78, 5) is 10.6. The number of rotatable bonds is 4. The van der Waals surface area contributed by atoms with Crippen LogP contribution in [0.3, 0.4) is 0 Å². The first-order valence-corrected chi connectivity index (χ1v) is 5.01. The molecule has 0 saturated carbocycles. The summed E-state index contributed by atoms with van der Waals surface area (Å²) in [7, 11) is 1.59. The molecule has 17 heavy (non-hydrogen) atoms. The van der Waals surface area contributed by atoms with Gasteiger partial charge in [0.15, 0.2) is 0 Å². The molecule has 5 nitrogen and oxygen atoms in total. The lowest BCUT2D eigenvalue weighted by Gasteiger charge is -2.05. The SMILES string of the molecule is COc1ccccc1Cc1cc(C(=O)O)on1. The Hall–Kier alpha value is -2.30. The molecule has 88 valence electrons. The highest BCUT2D eigenvalue weighted by molar-refractivity contribution is 5.84. The Kier molecular flexibility index (Phi) is 3.09. The predicted octanol–water partition coefficient (Wildman–Crippen LogP) is 1.97. The van der Waals surface area contributed by atoms with Gasteiger partial charge in [0.25, 0.3) is 0 Å². The van der Waals surface area contributed by atoms with Crippen LogP contribution in [-0.4, -0.2) is 23.3 Å². The molecule has 0 saturated heterocycles. The molecule has 0 aliphatic rings. The molecule has 1 aromatic heterocycles. The van der Waals surface area contributed by atoms with Crippen LogP contribution < -0.4 is 4.74 Å². The summed E-state index contributed by atoms with van der Waals surface area (Å²) >= 11 is 0. The van der Waals surface area contributed by atoms with Crippen molar-refractivity contribution in [3.63, 3.8) is 0 Å². The first-order chi connectivity index (χ1) is 8.20. The maximum absolute atomic E-state index is 10.6. The fraction of sp³-hybridized carbons (Fsp3) is 0.167. The van der Waals surface area contributed by atoms with E-state index in [0.717, 1.165) is 11.3 Å². The summed E-state index contributed by atoms with van der Waals surface area (Å²) in [5.74, 6) is -0.536. The Bertz CT molecular complexity index is 533. The number of methoxy groups -OCH3 is 1. The van der Waals surface area contributed by atoms with Crippen LogP contribution in [-0.2, 0) is 6.42 Å². The summed E-state index contributed by atoms with van der Waals surface area (Å²) in [5, 5.41) is 12.4. The molecule has 5 heteroatoms. The van der Waals surface area contributed by atoms with Gasteiger partial charge in [-0.1, -0.05) is 23.4 Å². The van der Waals surface area contributed by atoms with Crippen LogP contribution in [0.2, 0.25) is 0 Å². The molecule has 0 radical (unpaired) electrons. The average Bonchev–Trinajstić information content (AvgIpc) is 2.78. The van der Waals surface area contributed by atoms with Crippen molar-refractivity contribution in [2.45, 2.75) is 6.42 Å². The number of para-hydroxylation sites is 1. The number of carbonyl (C=O) groups is 1. The highest BCUT2D eigenvalue weighted by Gasteiger charge is 2.12. The van der Waals surface area contributed by atoms with E-state index < -0.39 is 5.97 Å². The Morgan fingerprint density at radius 2 is 2.24 bits per heavy atom. The van der Waals surface area contributed by atoms with Gasteiger partial charge in [-0.2, -0.15) is 0 Å². The van der Waals surface area contributed by atoms with Gasteiger partial charge in [0.1, 0.15) is 5.75 Å². The molecule has 0 fully saturated rings. The Morgan fingerprint density at radius 1 is 1.47 bits per heavy atom. The van der Waals surface area contributed by atoms with Crippen molar-refractivity contribution in [2.24, 2.45) is 0 Å². The fourth-order valence-electron chi connectivity index (χ4n) is 1.54. The van der Waals surface area contributed by atoms with Crippen molar-refractivity contribution < 1.29 is 19.2 Å². The molecule has 0 atom stereocenters. The van der Waals surface area contributed by atoms with Crippen LogP contribution in [0.25, 0.3) is 0 Å². The number of aromatic carboxylic acids is 1.